The number of aromatic nitrogens is 1. The Morgan fingerprint density at radius 3 is 2.62 bits per heavy atom. The van der Waals surface area contributed by atoms with Gasteiger partial charge in [0, 0.05) is 11.8 Å². The van der Waals surface area contributed by atoms with Gasteiger partial charge < -0.3 is 15.2 Å². The Morgan fingerprint density at radius 1 is 1.24 bits per heavy atom. The summed E-state index contributed by atoms with van der Waals surface area (Å²) in [5.74, 6) is 1.38. The first-order chi connectivity index (χ1) is 10.1. The molecule has 0 aliphatic carbocycles. The van der Waals surface area contributed by atoms with Crippen LogP contribution in [0, 0.1) is 0 Å². The van der Waals surface area contributed by atoms with Gasteiger partial charge in [-0.15, -0.1) is 0 Å². The topological polar surface area (TPSA) is 57.4 Å². The van der Waals surface area contributed by atoms with Gasteiger partial charge in [0.15, 0.2) is 0 Å². The van der Waals surface area contributed by atoms with Crippen LogP contribution in [-0.4, -0.2) is 19.2 Å². The van der Waals surface area contributed by atoms with Crippen molar-refractivity contribution < 1.29 is 9.47 Å². The van der Waals surface area contributed by atoms with E-state index in [9.17, 15) is 0 Å². The van der Waals surface area contributed by atoms with Gasteiger partial charge in [0.25, 0.3) is 0 Å². The fourth-order valence-corrected chi connectivity index (χ4v) is 3.02. The molecule has 0 spiro atoms. The second-order valence-electron chi connectivity index (χ2n) is 4.58. The molecule has 0 fully saturated rings. The van der Waals surface area contributed by atoms with Crippen molar-refractivity contribution >= 4 is 15.9 Å². The number of nitrogens with zero attached hydrogens (tertiary/aromatic N) is 1. The quantitative estimate of drug-likeness (QED) is 0.896. The number of pyridine rings is 1. The summed E-state index contributed by atoms with van der Waals surface area (Å²) in [6.07, 6.45) is 2.65. The molecule has 0 bridgehead atoms. The number of aryl methyl sites for hydroxylation is 1. The predicted octanol–water partition coefficient (Wildman–Crippen LogP) is 3.47. The van der Waals surface area contributed by atoms with Crippen molar-refractivity contribution in [1.82, 2.24) is 4.98 Å². The Hall–Kier alpha value is -1.59. The fraction of sp³-hybridized carbons (Fsp3) is 0.312. The van der Waals surface area contributed by atoms with Crippen molar-refractivity contribution in [2.45, 2.75) is 19.4 Å². The number of halogens is 1. The van der Waals surface area contributed by atoms with Crippen LogP contribution in [0.1, 0.15) is 29.8 Å². The Labute approximate surface area is 133 Å². The Bertz CT molecular complexity index is 632. The van der Waals surface area contributed by atoms with Gasteiger partial charge in [0.2, 0.25) is 0 Å². The molecule has 1 heterocycles. The van der Waals surface area contributed by atoms with Crippen molar-refractivity contribution in [2.75, 3.05) is 14.2 Å². The maximum Gasteiger partial charge on any atom is 0.141 e. The summed E-state index contributed by atoms with van der Waals surface area (Å²) in [6.45, 7) is 2.09. The SMILES string of the molecule is CCc1cccnc1C(N)c1ccc(OC)c(Br)c1OC. The Balaban J connectivity index is 2.53. The van der Waals surface area contributed by atoms with E-state index in [1.54, 1.807) is 20.4 Å². The lowest BCUT2D eigenvalue weighted by Crippen LogP contribution is -2.17. The molecule has 0 amide bonds. The van der Waals surface area contributed by atoms with Crippen LogP contribution in [0.5, 0.6) is 11.5 Å². The molecule has 0 saturated carbocycles. The molecule has 1 unspecified atom stereocenters. The van der Waals surface area contributed by atoms with Crippen molar-refractivity contribution in [1.29, 1.82) is 0 Å². The number of nitrogens with two attached hydrogens (primary N) is 1. The zero-order valence-corrected chi connectivity index (χ0v) is 14.0. The van der Waals surface area contributed by atoms with Crippen LogP contribution < -0.4 is 15.2 Å². The molecular formula is C16H19BrN2O2. The number of rotatable bonds is 5. The summed E-state index contributed by atoms with van der Waals surface area (Å²) >= 11 is 3.50. The molecule has 1 aromatic carbocycles. The summed E-state index contributed by atoms with van der Waals surface area (Å²) in [6, 6.07) is 7.42. The molecule has 2 aromatic rings. The van der Waals surface area contributed by atoms with Gasteiger partial charge in [-0.2, -0.15) is 0 Å². The van der Waals surface area contributed by atoms with Crippen LogP contribution in [0.25, 0.3) is 0 Å². The zero-order valence-electron chi connectivity index (χ0n) is 12.4. The maximum absolute atomic E-state index is 6.43. The molecule has 0 radical (unpaired) electrons. The molecule has 1 aromatic heterocycles. The Kier molecular flexibility index (Phi) is 5.20. The minimum absolute atomic E-state index is 0.349. The van der Waals surface area contributed by atoms with Crippen molar-refractivity contribution in [3.05, 3.63) is 51.8 Å². The molecular weight excluding hydrogens is 332 g/mol. The highest BCUT2D eigenvalue weighted by Gasteiger charge is 2.21. The summed E-state index contributed by atoms with van der Waals surface area (Å²) in [5.41, 5.74) is 9.31. The summed E-state index contributed by atoms with van der Waals surface area (Å²) in [5, 5.41) is 0. The average Bonchev–Trinajstić information content (AvgIpc) is 2.53. The van der Waals surface area contributed by atoms with Gasteiger partial charge in [0.05, 0.1) is 26.0 Å². The van der Waals surface area contributed by atoms with E-state index >= 15 is 0 Å². The van der Waals surface area contributed by atoms with Gasteiger partial charge in [0.1, 0.15) is 16.0 Å². The highest BCUT2D eigenvalue weighted by molar-refractivity contribution is 9.10. The van der Waals surface area contributed by atoms with Gasteiger partial charge in [-0.3, -0.25) is 4.98 Å². The molecule has 2 N–H and O–H groups in total. The third kappa shape index (κ3) is 3.04. The molecule has 4 nitrogen and oxygen atoms in total. The van der Waals surface area contributed by atoms with Crippen LogP contribution >= 0.6 is 15.9 Å². The zero-order chi connectivity index (χ0) is 15.4. The van der Waals surface area contributed by atoms with E-state index in [2.05, 4.69) is 27.8 Å². The predicted molar refractivity (Wildman–Crippen MR) is 86.9 cm³/mol. The molecule has 0 aliphatic heterocycles. The summed E-state index contributed by atoms with van der Waals surface area (Å²) in [4.78, 5) is 4.45. The number of hydrogen-bond donors (Lipinski definition) is 1. The van der Waals surface area contributed by atoms with Crippen molar-refractivity contribution in [2.24, 2.45) is 5.73 Å². The van der Waals surface area contributed by atoms with E-state index in [1.807, 2.05) is 24.3 Å². The average molecular weight is 351 g/mol. The van der Waals surface area contributed by atoms with Crippen LogP contribution in [0.3, 0.4) is 0 Å². The second kappa shape index (κ2) is 6.91. The van der Waals surface area contributed by atoms with Crippen LogP contribution in [0.15, 0.2) is 34.9 Å². The Morgan fingerprint density at radius 2 is 2.00 bits per heavy atom. The minimum Gasteiger partial charge on any atom is -0.495 e. The number of hydrogen-bond acceptors (Lipinski definition) is 4. The monoisotopic (exact) mass is 350 g/mol. The van der Waals surface area contributed by atoms with E-state index in [-0.39, 0.29) is 6.04 Å². The van der Waals surface area contributed by atoms with Crippen molar-refractivity contribution in [3.8, 4) is 11.5 Å². The maximum atomic E-state index is 6.43. The molecule has 0 saturated heterocycles. The van der Waals surface area contributed by atoms with Crippen LogP contribution in [-0.2, 0) is 6.42 Å². The summed E-state index contributed by atoms with van der Waals surface area (Å²) in [7, 11) is 3.24. The third-order valence-electron chi connectivity index (χ3n) is 3.45. The van der Waals surface area contributed by atoms with E-state index in [4.69, 9.17) is 15.2 Å². The molecule has 5 heteroatoms. The lowest BCUT2D eigenvalue weighted by molar-refractivity contribution is 0.385. The first-order valence-electron chi connectivity index (χ1n) is 6.73. The van der Waals surface area contributed by atoms with E-state index < -0.39 is 0 Å². The standard InChI is InChI=1S/C16H19BrN2O2/c1-4-10-6-5-9-19-15(10)14(18)11-7-8-12(20-2)13(17)16(11)21-3/h5-9,14H,4,18H2,1-3H3. The molecule has 0 aliphatic rings. The third-order valence-corrected chi connectivity index (χ3v) is 4.20. The second-order valence-corrected chi connectivity index (χ2v) is 5.38. The molecule has 1 atom stereocenters. The molecule has 112 valence electrons. The van der Waals surface area contributed by atoms with Gasteiger partial charge >= 0.3 is 0 Å². The van der Waals surface area contributed by atoms with E-state index in [0.717, 1.165) is 27.7 Å². The lowest BCUT2D eigenvalue weighted by Gasteiger charge is -2.19. The molecule has 21 heavy (non-hydrogen) atoms. The normalized spacial score (nSPS) is 12.0. The first kappa shape index (κ1) is 15.8. The highest BCUT2D eigenvalue weighted by Crippen LogP contribution is 2.40. The molecule has 2 rings (SSSR count). The summed E-state index contributed by atoms with van der Waals surface area (Å²) < 4.78 is 11.5. The first-order valence-corrected chi connectivity index (χ1v) is 7.53. The smallest absolute Gasteiger partial charge is 0.141 e. The number of ether oxygens (including phenoxy) is 2. The lowest BCUT2D eigenvalue weighted by atomic mass is 9.98. The highest BCUT2D eigenvalue weighted by atomic mass is 79.9. The van der Waals surface area contributed by atoms with Crippen LogP contribution in [0.4, 0.5) is 0 Å². The van der Waals surface area contributed by atoms with Crippen molar-refractivity contribution in [3.63, 3.8) is 0 Å². The number of benzene rings is 1. The van der Waals surface area contributed by atoms with E-state index in [0.29, 0.717) is 11.5 Å². The minimum atomic E-state index is -0.349. The number of methoxy groups -OCH3 is 2. The van der Waals surface area contributed by atoms with Crippen LogP contribution in [0.2, 0.25) is 0 Å². The van der Waals surface area contributed by atoms with Gasteiger partial charge in [-0.1, -0.05) is 13.0 Å². The largest absolute Gasteiger partial charge is 0.495 e. The van der Waals surface area contributed by atoms with E-state index in [1.165, 1.54) is 0 Å². The van der Waals surface area contributed by atoms with Gasteiger partial charge in [-0.05, 0) is 46.1 Å². The fourth-order valence-electron chi connectivity index (χ4n) is 2.34. The van der Waals surface area contributed by atoms with Gasteiger partial charge in [-0.25, -0.2) is 0 Å².